The van der Waals surface area contributed by atoms with Gasteiger partial charge in [0.1, 0.15) is 0 Å². The molecule has 0 aromatic heterocycles. The standard InChI is InChI=1S/C30H34O6/c1-6-19(2)30(31)36-18-25-23(14-21-12-9-11-20-10-7-8-13-24(20)21)17-35-28(25)22-15-26(32-3)29(34-5)27(16-22)33-4/h6-13,15-16,23,25,28H,14,17-18H2,1-5H3/b19-6-/t23-,25-,28+/m0/s1. The zero-order valence-electron chi connectivity index (χ0n) is 21.6. The first-order valence-electron chi connectivity index (χ1n) is 12.2. The van der Waals surface area contributed by atoms with E-state index >= 15 is 0 Å². The van der Waals surface area contributed by atoms with E-state index in [0.29, 0.717) is 29.4 Å². The second-order valence-electron chi connectivity index (χ2n) is 9.05. The van der Waals surface area contributed by atoms with E-state index in [-0.39, 0.29) is 30.5 Å². The topological polar surface area (TPSA) is 63.2 Å². The Hall–Kier alpha value is -3.51. The number of hydrogen-bond acceptors (Lipinski definition) is 6. The van der Waals surface area contributed by atoms with Gasteiger partial charge in [0.15, 0.2) is 11.5 Å². The van der Waals surface area contributed by atoms with Gasteiger partial charge in [-0.05, 0) is 60.2 Å². The fraction of sp³-hybridized carbons (Fsp3) is 0.367. The number of carbonyl (C=O) groups excluding carboxylic acids is 1. The van der Waals surface area contributed by atoms with Crippen molar-refractivity contribution >= 4 is 16.7 Å². The average Bonchev–Trinajstić information content (AvgIpc) is 3.32. The van der Waals surface area contributed by atoms with Crippen LogP contribution in [0.15, 0.2) is 66.2 Å². The lowest BCUT2D eigenvalue weighted by atomic mass is 9.83. The first-order chi connectivity index (χ1) is 17.5. The van der Waals surface area contributed by atoms with Gasteiger partial charge in [-0.3, -0.25) is 0 Å². The molecular formula is C30H34O6. The third-order valence-corrected chi connectivity index (χ3v) is 7.02. The molecule has 1 aliphatic rings. The molecule has 0 unspecified atom stereocenters. The Balaban J connectivity index is 1.68. The van der Waals surface area contributed by atoms with Gasteiger partial charge in [-0.2, -0.15) is 0 Å². The van der Waals surface area contributed by atoms with Crippen LogP contribution in [0.1, 0.15) is 31.1 Å². The van der Waals surface area contributed by atoms with Crippen LogP contribution in [-0.4, -0.2) is 40.5 Å². The molecule has 6 nitrogen and oxygen atoms in total. The van der Waals surface area contributed by atoms with Crippen LogP contribution in [-0.2, 0) is 20.7 Å². The number of hydrogen-bond donors (Lipinski definition) is 0. The summed E-state index contributed by atoms with van der Waals surface area (Å²) in [6, 6.07) is 18.6. The molecule has 1 aliphatic heterocycles. The van der Waals surface area contributed by atoms with Gasteiger partial charge in [-0.1, -0.05) is 48.5 Å². The summed E-state index contributed by atoms with van der Waals surface area (Å²) in [5, 5.41) is 2.44. The van der Waals surface area contributed by atoms with Crippen molar-refractivity contribution < 1.29 is 28.5 Å². The maximum Gasteiger partial charge on any atom is 0.333 e. The number of ether oxygens (including phenoxy) is 5. The number of rotatable bonds is 9. The fourth-order valence-electron chi connectivity index (χ4n) is 4.92. The van der Waals surface area contributed by atoms with E-state index in [9.17, 15) is 4.79 Å². The highest BCUT2D eigenvalue weighted by Crippen LogP contribution is 2.46. The van der Waals surface area contributed by atoms with Gasteiger partial charge in [-0.25, -0.2) is 4.79 Å². The van der Waals surface area contributed by atoms with Gasteiger partial charge in [0, 0.05) is 11.5 Å². The van der Waals surface area contributed by atoms with E-state index in [4.69, 9.17) is 23.7 Å². The van der Waals surface area contributed by atoms with Gasteiger partial charge in [0.25, 0.3) is 0 Å². The van der Waals surface area contributed by atoms with Crippen LogP contribution in [0.2, 0.25) is 0 Å². The third kappa shape index (κ3) is 5.19. The normalized spacial score (nSPS) is 19.8. The van der Waals surface area contributed by atoms with E-state index < -0.39 is 0 Å². The summed E-state index contributed by atoms with van der Waals surface area (Å²) in [4.78, 5) is 12.5. The molecule has 3 aromatic carbocycles. The Morgan fingerprint density at radius 2 is 1.69 bits per heavy atom. The van der Waals surface area contributed by atoms with Crippen LogP contribution in [0, 0.1) is 11.8 Å². The SMILES string of the molecule is C/C=C(/C)C(=O)OC[C@H]1[C@@H](Cc2cccc3ccccc23)CO[C@@H]1c1cc(OC)c(OC)c(OC)c1. The molecule has 0 radical (unpaired) electrons. The average molecular weight is 491 g/mol. The quantitative estimate of drug-likeness (QED) is 0.274. The molecule has 1 fully saturated rings. The van der Waals surface area contributed by atoms with Gasteiger partial charge in [0.2, 0.25) is 5.75 Å². The molecule has 3 atom stereocenters. The molecule has 36 heavy (non-hydrogen) atoms. The highest BCUT2D eigenvalue weighted by atomic mass is 16.5. The molecule has 4 rings (SSSR count). The third-order valence-electron chi connectivity index (χ3n) is 7.02. The fourth-order valence-corrected chi connectivity index (χ4v) is 4.92. The maximum absolute atomic E-state index is 12.5. The van der Waals surface area contributed by atoms with Crippen LogP contribution in [0.5, 0.6) is 17.2 Å². The lowest BCUT2D eigenvalue weighted by Crippen LogP contribution is -2.25. The first-order valence-corrected chi connectivity index (χ1v) is 12.2. The number of allylic oxidation sites excluding steroid dienone is 1. The lowest BCUT2D eigenvalue weighted by molar-refractivity contribution is -0.141. The molecule has 0 N–H and O–H groups in total. The van der Waals surface area contributed by atoms with E-state index in [1.54, 1.807) is 34.3 Å². The molecule has 190 valence electrons. The van der Waals surface area contributed by atoms with Crippen molar-refractivity contribution in [2.45, 2.75) is 26.4 Å². The predicted octanol–water partition coefficient (Wildman–Crippen LogP) is 5.92. The molecule has 1 saturated heterocycles. The molecule has 0 bridgehead atoms. The molecule has 0 saturated carbocycles. The summed E-state index contributed by atoms with van der Waals surface area (Å²) in [7, 11) is 4.77. The van der Waals surface area contributed by atoms with Crippen molar-refractivity contribution in [3.05, 3.63) is 77.4 Å². The van der Waals surface area contributed by atoms with Crippen molar-refractivity contribution in [2.75, 3.05) is 34.5 Å². The van der Waals surface area contributed by atoms with Crippen molar-refractivity contribution in [3.63, 3.8) is 0 Å². The summed E-state index contributed by atoms with van der Waals surface area (Å²) < 4.78 is 28.8. The number of benzene rings is 3. The predicted molar refractivity (Wildman–Crippen MR) is 140 cm³/mol. The molecule has 0 aliphatic carbocycles. The largest absolute Gasteiger partial charge is 0.493 e. The molecule has 0 amide bonds. The lowest BCUT2D eigenvalue weighted by Gasteiger charge is -2.25. The van der Waals surface area contributed by atoms with Crippen LogP contribution >= 0.6 is 0 Å². The van der Waals surface area contributed by atoms with Crippen molar-refractivity contribution in [1.82, 2.24) is 0 Å². The highest BCUT2D eigenvalue weighted by molar-refractivity contribution is 5.87. The molecule has 0 spiro atoms. The van der Waals surface area contributed by atoms with Crippen LogP contribution in [0.25, 0.3) is 10.8 Å². The van der Waals surface area contributed by atoms with Gasteiger partial charge < -0.3 is 23.7 Å². The minimum absolute atomic E-state index is 0.0552. The van der Waals surface area contributed by atoms with E-state index in [1.165, 1.54) is 16.3 Å². The van der Waals surface area contributed by atoms with Gasteiger partial charge >= 0.3 is 5.97 Å². The Morgan fingerprint density at radius 3 is 2.36 bits per heavy atom. The molecule has 6 heteroatoms. The second kappa shape index (κ2) is 11.5. The highest BCUT2D eigenvalue weighted by Gasteiger charge is 2.40. The van der Waals surface area contributed by atoms with E-state index in [2.05, 4.69) is 42.5 Å². The number of carbonyl (C=O) groups is 1. The monoisotopic (exact) mass is 490 g/mol. The second-order valence-corrected chi connectivity index (χ2v) is 9.05. The van der Waals surface area contributed by atoms with Crippen molar-refractivity contribution in [2.24, 2.45) is 11.8 Å². The number of fused-ring (bicyclic) bond motifs is 1. The zero-order valence-corrected chi connectivity index (χ0v) is 21.6. The first kappa shape index (κ1) is 25.6. The number of methoxy groups -OCH3 is 3. The smallest absolute Gasteiger partial charge is 0.333 e. The van der Waals surface area contributed by atoms with Gasteiger partial charge in [0.05, 0.1) is 40.6 Å². The molecular weight excluding hydrogens is 456 g/mol. The minimum atomic E-state index is -0.308. The van der Waals surface area contributed by atoms with Crippen molar-refractivity contribution in [1.29, 1.82) is 0 Å². The summed E-state index contributed by atoms with van der Waals surface area (Å²) in [5.74, 6) is 1.44. The Morgan fingerprint density at radius 1 is 1.00 bits per heavy atom. The van der Waals surface area contributed by atoms with E-state index in [0.717, 1.165) is 12.0 Å². The number of esters is 1. The van der Waals surface area contributed by atoms with Crippen LogP contribution < -0.4 is 14.2 Å². The maximum atomic E-state index is 12.5. The van der Waals surface area contributed by atoms with Crippen LogP contribution in [0.3, 0.4) is 0 Å². The summed E-state index contributed by atoms with van der Waals surface area (Å²) in [5.41, 5.74) is 2.74. The van der Waals surface area contributed by atoms with E-state index in [1.807, 2.05) is 19.1 Å². The molecule has 3 aromatic rings. The summed E-state index contributed by atoms with van der Waals surface area (Å²) in [6.07, 6.45) is 2.28. The van der Waals surface area contributed by atoms with Crippen LogP contribution in [0.4, 0.5) is 0 Å². The van der Waals surface area contributed by atoms with Crippen molar-refractivity contribution in [3.8, 4) is 17.2 Å². The minimum Gasteiger partial charge on any atom is -0.493 e. The Labute approximate surface area is 212 Å². The Bertz CT molecular complexity index is 1220. The zero-order chi connectivity index (χ0) is 25.7. The summed E-state index contributed by atoms with van der Waals surface area (Å²) in [6.45, 7) is 4.39. The Kier molecular flexibility index (Phi) is 8.16. The molecule has 1 heterocycles. The summed E-state index contributed by atoms with van der Waals surface area (Å²) >= 11 is 0. The van der Waals surface area contributed by atoms with Gasteiger partial charge in [-0.15, -0.1) is 0 Å².